The number of rotatable bonds is 6. The number of carbonyl (C=O) groups excluding carboxylic acids is 4. The molecule has 4 amide bonds. The van der Waals surface area contributed by atoms with Gasteiger partial charge in [-0.1, -0.05) is 6.08 Å². The Bertz CT molecular complexity index is 697. The van der Waals surface area contributed by atoms with Gasteiger partial charge in [-0.15, -0.1) is 6.58 Å². The van der Waals surface area contributed by atoms with Gasteiger partial charge in [-0.25, -0.2) is 0 Å². The SMILES string of the molecule is C=CCN1C(=O)c2ccc(C(=O)NCC(=O)NCC)cc2C1=O. The van der Waals surface area contributed by atoms with Crippen molar-refractivity contribution in [2.45, 2.75) is 6.92 Å². The summed E-state index contributed by atoms with van der Waals surface area (Å²) in [5.74, 6) is -1.64. The molecule has 1 aromatic carbocycles. The van der Waals surface area contributed by atoms with Crippen LogP contribution in [0.3, 0.4) is 0 Å². The van der Waals surface area contributed by atoms with Crippen molar-refractivity contribution in [3.05, 3.63) is 47.5 Å². The minimum Gasteiger partial charge on any atom is -0.355 e. The number of amides is 4. The lowest BCUT2D eigenvalue weighted by Crippen LogP contribution is -2.36. The van der Waals surface area contributed by atoms with E-state index in [0.29, 0.717) is 6.54 Å². The normalized spacial score (nSPS) is 12.8. The Balaban J connectivity index is 2.15. The highest BCUT2D eigenvalue weighted by Gasteiger charge is 2.35. The number of likely N-dealkylation sites (N-methyl/N-ethyl adjacent to an activating group) is 1. The van der Waals surface area contributed by atoms with Gasteiger partial charge >= 0.3 is 0 Å². The minimum absolute atomic E-state index is 0.116. The largest absolute Gasteiger partial charge is 0.355 e. The molecule has 1 aliphatic rings. The lowest BCUT2D eigenvalue weighted by atomic mass is 10.1. The highest BCUT2D eigenvalue weighted by atomic mass is 16.2. The van der Waals surface area contributed by atoms with Crippen LogP contribution in [0.2, 0.25) is 0 Å². The molecule has 0 unspecified atom stereocenters. The summed E-state index contributed by atoms with van der Waals surface area (Å²) in [7, 11) is 0. The number of benzene rings is 1. The van der Waals surface area contributed by atoms with Crippen LogP contribution in [0.4, 0.5) is 0 Å². The number of hydrogen-bond donors (Lipinski definition) is 2. The second-order valence-electron chi connectivity index (χ2n) is 4.91. The molecule has 2 N–H and O–H groups in total. The lowest BCUT2D eigenvalue weighted by molar-refractivity contribution is -0.120. The van der Waals surface area contributed by atoms with Gasteiger partial charge in [0, 0.05) is 18.7 Å². The van der Waals surface area contributed by atoms with Gasteiger partial charge in [-0.2, -0.15) is 0 Å². The van der Waals surface area contributed by atoms with Crippen LogP contribution in [0.15, 0.2) is 30.9 Å². The van der Waals surface area contributed by atoms with E-state index in [1.807, 2.05) is 0 Å². The molecular formula is C16H17N3O4. The highest BCUT2D eigenvalue weighted by Crippen LogP contribution is 2.23. The van der Waals surface area contributed by atoms with E-state index in [-0.39, 0.29) is 35.7 Å². The van der Waals surface area contributed by atoms with Crippen LogP contribution in [0.5, 0.6) is 0 Å². The number of carbonyl (C=O) groups is 4. The summed E-state index contributed by atoms with van der Waals surface area (Å²) in [6.07, 6.45) is 1.46. The molecule has 0 fully saturated rings. The summed E-state index contributed by atoms with van der Waals surface area (Å²) in [6, 6.07) is 4.26. The van der Waals surface area contributed by atoms with E-state index in [1.54, 1.807) is 6.92 Å². The number of nitrogens with one attached hydrogen (secondary N) is 2. The first-order valence-corrected chi connectivity index (χ1v) is 7.15. The number of fused-ring (bicyclic) bond motifs is 1. The van der Waals surface area contributed by atoms with Crippen LogP contribution < -0.4 is 10.6 Å². The van der Waals surface area contributed by atoms with Gasteiger partial charge in [0.25, 0.3) is 17.7 Å². The average molecular weight is 315 g/mol. The standard InChI is InChI=1S/C16H17N3O4/c1-3-7-19-15(22)11-6-5-10(8-12(11)16(19)23)14(21)18-9-13(20)17-4-2/h3,5-6,8H,1,4,7,9H2,2H3,(H,17,20)(H,18,21). The van der Waals surface area contributed by atoms with Gasteiger partial charge < -0.3 is 10.6 Å². The quantitative estimate of drug-likeness (QED) is 0.584. The molecule has 1 heterocycles. The summed E-state index contributed by atoms with van der Waals surface area (Å²) >= 11 is 0. The van der Waals surface area contributed by atoms with E-state index in [4.69, 9.17) is 0 Å². The number of imide groups is 1. The molecule has 0 aromatic heterocycles. The maximum atomic E-state index is 12.2. The van der Waals surface area contributed by atoms with Crippen LogP contribution in [-0.4, -0.2) is 48.2 Å². The predicted octanol–water partition coefficient (Wildman–Crippen LogP) is 0.334. The van der Waals surface area contributed by atoms with Crippen molar-refractivity contribution in [3.63, 3.8) is 0 Å². The van der Waals surface area contributed by atoms with Crippen molar-refractivity contribution < 1.29 is 19.2 Å². The third-order valence-corrected chi connectivity index (χ3v) is 3.33. The van der Waals surface area contributed by atoms with Gasteiger partial charge in [-0.3, -0.25) is 24.1 Å². The molecule has 7 nitrogen and oxygen atoms in total. The van der Waals surface area contributed by atoms with E-state index < -0.39 is 17.7 Å². The molecule has 0 spiro atoms. The van der Waals surface area contributed by atoms with E-state index in [1.165, 1.54) is 24.3 Å². The van der Waals surface area contributed by atoms with Gasteiger partial charge in [0.2, 0.25) is 5.91 Å². The molecule has 0 saturated carbocycles. The fourth-order valence-electron chi connectivity index (χ4n) is 2.25. The Morgan fingerprint density at radius 2 is 1.87 bits per heavy atom. The maximum Gasteiger partial charge on any atom is 0.261 e. The fraction of sp³-hybridized carbons (Fsp3) is 0.250. The fourth-order valence-corrected chi connectivity index (χ4v) is 2.25. The first-order valence-electron chi connectivity index (χ1n) is 7.15. The molecular weight excluding hydrogens is 298 g/mol. The van der Waals surface area contributed by atoms with E-state index >= 15 is 0 Å². The van der Waals surface area contributed by atoms with Crippen molar-refractivity contribution in [2.24, 2.45) is 0 Å². The highest BCUT2D eigenvalue weighted by molar-refractivity contribution is 6.22. The molecule has 1 aromatic rings. The molecule has 0 atom stereocenters. The minimum atomic E-state index is -0.485. The van der Waals surface area contributed by atoms with E-state index in [9.17, 15) is 19.2 Å². The van der Waals surface area contributed by atoms with Crippen LogP contribution in [0, 0.1) is 0 Å². The summed E-state index contributed by atoms with van der Waals surface area (Å²) in [6.45, 7) is 5.72. The van der Waals surface area contributed by atoms with Crippen molar-refractivity contribution >= 4 is 23.6 Å². The molecule has 23 heavy (non-hydrogen) atoms. The second-order valence-corrected chi connectivity index (χ2v) is 4.91. The zero-order chi connectivity index (χ0) is 17.0. The van der Waals surface area contributed by atoms with Crippen molar-refractivity contribution in [1.29, 1.82) is 0 Å². The van der Waals surface area contributed by atoms with Crippen LogP contribution >= 0.6 is 0 Å². The second kappa shape index (κ2) is 6.87. The average Bonchev–Trinajstić information content (AvgIpc) is 2.78. The van der Waals surface area contributed by atoms with Crippen LogP contribution in [0.1, 0.15) is 38.0 Å². The number of hydrogen-bond acceptors (Lipinski definition) is 4. The molecule has 0 aliphatic carbocycles. The van der Waals surface area contributed by atoms with Crippen molar-refractivity contribution in [2.75, 3.05) is 19.6 Å². The summed E-state index contributed by atoms with van der Waals surface area (Å²) in [5.41, 5.74) is 0.661. The first-order chi connectivity index (χ1) is 11.0. The Hall–Kier alpha value is -2.96. The van der Waals surface area contributed by atoms with Crippen molar-refractivity contribution in [1.82, 2.24) is 15.5 Å². The third kappa shape index (κ3) is 3.28. The van der Waals surface area contributed by atoms with Gasteiger partial charge in [0.05, 0.1) is 17.7 Å². The molecule has 0 saturated heterocycles. The monoisotopic (exact) mass is 315 g/mol. The van der Waals surface area contributed by atoms with E-state index in [0.717, 1.165) is 4.90 Å². The molecule has 1 aliphatic heterocycles. The van der Waals surface area contributed by atoms with Gasteiger partial charge in [0.1, 0.15) is 0 Å². The molecule has 0 radical (unpaired) electrons. The Kier molecular flexibility index (Phi) is 4.90. The molecule has 7 heteroatoms. The van der Waals surface area contributed by atoms with Crippen LogP contribution in [-0.2, 0) is 4.79 Å². The molecule has 120 valence electrons. The number of nitrogens with zero attached hydrogens (tertiary/aromatic N) is 1. The van der Waals surface area contributed by atoms with Crippen molar-refractivity contribution in [3.8, 4) is 0 Å². The van der Waals surface area contributed by atoms with Gasteiger partial charge in [-0.05, 0) is 25.1 Å². The Morgan fingerprint density at radius 3 is 2.52 bits per heavy atom. The Morgan fingerprint density at radius 1 is 1.17 bits per heavy atom. The van der Waals surface area contributed by atoms with E-state index in [2.05, 4.69) is 17.2 Å². The zero-order valence-electron chi connectivity index (χ0n) is 12.7. The summed E-state index contributed by atoms with van der Waals surface area (Å²) in [5, 5.41) is 5.02. The zero-order valence-corrected chi connectivity index (χ0v) is 12.7. The Labute approximate surface area is 133 Å². The summed E-state index contributed by atoms with van der Waals surface area (Å²) in [4.78, 5) is 48.7. The molecule has 2 rings (SSSR count). The summed E-state index contributed by atoms with van der Waals surface area (Å²) < 4.78 is 0. The topological polar surface area (TPSA) is 95.6 Å². The molecule has 0 bridgehead atoms. The van der Waals surface area contributed by atoms with Crippen LogP contribution in [0.25, 0.3) is 0 Å². The predicted molar refractivity (Wildman–Crippen MR) is 83.0 cm³/mol. The smallest absolute Gasteiger partial charge is 0.261 e. The lowest BCUT2D eigenvalue weighted by Gasteiger charge is -2.09. The van der Waals surface area contributed by atoms with Gasteiger partial charge in [0.15, 0.2) is 0 Å². The first kappa shape index (κ1) is 16.4. The third-order valence-electron chi connectivity index (χ3n) is 3.33. The maximum absolute atomic E-state index is 12.2.